The molecule has 1 saturated heterocycles. The number of hydrogen-bond acceptors (Lipinski definition) is 5. The van der Waals surface area contributed by atoms with Gasteiger partial charge in [-0.25, -0.2) is 0 Å². The van der Waals surface area contributed by atoms with Crippen molar-refractivity contribution < 1.29 is 19.1 Å². The number of carbonyl (C=O) groups is 2. The fraction of sp³-hybridized carbons (Fsp3) is 0.238. The number of halogens is 1. The van der Waals surface area contributed by atoms with E-state index in [0.717, 1.165) is 27.4 Å². The van der Waals surface area contributed by atoms with Crippen LogP contribution in [0.2, 0.25) is 0 Å². The Bertz CT molecular complexity index is 957. The van der Waals surface area contributed by atoms with Gasteiger partial charge < -0.3 is 9.47 Å². The zero-order chi connectivity index (χ0) is 20.3. The maximum absolute atomic E-state index is 12.3. The van der Waals surface area contributed by atoms with Crippen molar-refractivity contribution >= 4 is 44.9 Å². The van der Waals surface area contributed by atoms with E-state index in [9.17, 15) is 9.59 Å². The van der Waals surface area contributed by atoms with Crippen molar-refractivity contribution in [2.45, 2.75) is 20.5 Å². The molecular weight excluding hydrogens is 442 g/mol. The lowest BCUT2D eigenvalue weighted by Gasteiger charge is -2.13. The van der Waals surface area contributed by atoms with Crippen LogP contribution in [0.25, 0.3) is 6.08 Å². The lowest BCUT2D eigenvalue weighted by atomic mass is 10.1. The van der Waals surface area contributed by atoms with Crippen molar-refractivity contribution in [1.82, 2.24) is 4.90 Å². The van der Waals surface area contributed by atoms with Gasteiger partial charge in [0.15, 0.2) is 11.5 Å². The van der Waals surface area contributed by atoms with E-state index in [1.807, 2.05) is 31.2 Å². The molecule has 5 nitrogen and oxygen atoms in total. The third-order valence-corrected chi connectivity index (χ3v) is 5.83. The largest absolute Gasteiger partial charge is 0.493 e. The summed E-state index contributed by atoms with van der Waals surface area (Å²) in [5, 5.41) is -0.250. The molecule has 0 aliphatic carbocycles. The number of amides is 2. The molecule has 1 aliphatic rings. The van der Waals surface area contributed by atoms with Crippen LogP contribution in [0.4, 0.5) is 4.79 Å². The van der Waals surface area contributed by atoms with Gasteiger partial charge >= 0.3 is 0 Å². The smallest absolute Gasteiger partial charge is 0.293 e. The number of nitrogens with zero attached hydrogens (tertiary/aromatic N) is 1. The molecule has 0 atom stereocenters. The van der Waals surface area contributed by atoms with Gasteiger partial charge in [-0.15, -0.1) is 0 Å². The predicted molar refractivity (Wildman–Crippen MR) is 115 cm³/mol. The predicted octanol–water partition coefficient (Wildman–Crippen LogP) is 5.40. The Balaban J connectivity index is 1.85. The van der Waals surface area contributed by atoms with E-state index >= 15 is 0 Å². The molecule has 0 spiro atoms. The topological polar surface area (TPSA) is 55.8 Å². The van der Waals surface area contributed by atoms with E-state index in [0.29, 0.717) is 29.6 Å². The van der Waals surface area contributed by atoms with E-state index < -0.39 is 0 Å². The molecule has 0 unspecified atom stereocenters. The number of imide groups is 1. The molecular formula is C21H20BrNO4S. The first-order valence-electron chi connectivity index (χ1n) is 8.74. The van der Waals surface area contributed by atoms with Crippen LogP contribution >= 0.6 is 27.7 Å². The Labute approximate surface area is 176 Å². The molecule has 0 saturated carbocycles. The maximum Gasteiger partial charge on any atom is 0.293 e. The van der Waals surface area contributed by atoms with Crippen LogP contribution in [0.5, 0.6) is 11.5 Å². The van der Waals surface area contributed by atoms with Crippen molar-refractivity contribution in [1.29, 1.82) is 0 Å². The summed E-state index contributed by atoms with van der Waals surface area (Å²) >= 11 is 4.47. The second kappa shape index (κ2) is 8.84. The summed E-state index contributed by atoms with van der Waals surface area (Å²) in [6.45, 7) is 4.59. The minimum atomic E-state index is -0.275. The van der Waals surface area contributed by atoms with Gasteiger partial charge in [-0.05, 0) is 54.9 Å². The number of hydrogen-bond donors (Lipinski definition) is 0. The van der Waals surface area contributed by atoms with Crippen molar-refractivity contribution in [2.24, 2.45) is 0 Å². The molecule has 2 aromatic carbocycles. The van der Waals surface area contributed by atoms with Crippen LogP contribution in [0, 0.1) is 6.92 Å². The molecule has 0 radical (unpaired) electrons. The van der Waals surface area contributed by atoms with Gasteiger partial charge in [0, 0.05) is 11.0 Å². The number of aryl methyl sites for hydroxylation is 1. The second-order valence-electron chi connectivity index (χ2n) is 6.23. The van der Waals surface area contributed by atoms with E-state index in [4.69, 9.17) is 9.47 Å². The quantitative estimate of drug-likeness (QED) is 0.538. The summed E-state index contributed by atoms with van der Waals surface area (Å²) in [4.78, 5) is 25.8. The van der Waals surface area contributed by atoms with Gasteiger partial charge in [0.25, 0.3) is 11.1 Å². The zero-order valence-electron chi connectivity index (χ0n) is 15.8. The number of ether oxygens (including phenoxy) is 2. The molecule has 2 amide bonds. The van der Waals surface area contributed by atoms with E-state index in [2.05, 4.69) is 22.0 Å². The molecule has 1 heterocycles. The van der Waals surface area contributed by atoms with Crippen molar-refractivity contribution in [3.63, 3.8) is 0 Å². The van der Waals surface area contributed by atoms with Crippen LogP contribution in [0.3, 0.4) is 0 Å². The lowest BCUT2D eigenvalue weighted by molar-refractivity contribution is -0.122. The molecule has 7 heteroatoms. The van der Waals surface area contributed by atoms with Gasteiger partial charge in [0.2, 0.25) is 0 Å². The van der Waals surface area contributed by atoms with Crippen molar-refractivity contribution in [3.8, 4) is 11.5 Å². The molecule has 146 valence electrons. The van der Waals surface area contributed by atoms with Crippen LogP contribution < -0.4 is 9.47 Å². The third kappa shape index (κ3) is 4.42. The summed E-state index contributed by atoms with van der Waals surface area (Å²) in [7, 11) is 1.57. The number of methoxy groups -OCH3 is 1. The molecule has 0 N–H and O–H groups in total. The Kier molecular flexibility index (Phi) is 6.46. The average Bonchev–Trinajstić information content (AvgIpc) is 2.94. The molecule has 1 fully saturated rings. The van der Waals surface area contributed by atoms with Crippen molar-refractivity contribution in [3.05, 3.63) is 62.5 Å². The second-order valence-corrected chi connectivity index (χ2v) is 8.08. The molecule has 3 rings (SSSR count). The third-order valence-electron chi connectivity index (χ3n) is 4.24. The standard InChI is InChI=1S/C21H20BrNO4S/c1-4-23-20(24)19(28-21(23)25)10-15-9-17(26-3)18(11-16(15)22)27-12-14-7-5-6-13(2)8-14/h5-11H,4,12H2,1-3H3/b19-10+. The van der Waals surface area contributed by atoms with Gasteiger partial charge in [-0.1, -0.05) is 45.8 Å². The van der Waals surface area contributed by atoms with Gasteiger partial charge in [-0.2, -0.15) is 0 Å². The highest BCUT2D eigenvalue weighted by atomic mass is 79.9. The summed E-state index contributed by atoms with van der Waals surface area (Å²) in [6.07, 6.45) is 1.69. The van der Waals surface area contributed by atoms with Gasteiger partial charge in [0.05, 0.1) is 12.0 Å². The Morgan fingerprint density at radius 2 is 1.96 bits per heavy atom. The van der Waals surface area contributed by atoms with Gasteiger partial charge in [0.1, 0.15) is 6.61 Å². The first-order valence-corrected chi connectivity index (χ1v) is 10.3. The Hall–Kier alpha value is -2.25. The summed E-state index contributed by atoms with van der Waals surface area (Å²) < 4.78 is 12.1. The number of likely N-dealkylation sites (N-methyl/N-ethyl adjacent to an activating group) is 1. The minimum Gasteiger partial charge on any atom is -0.493 e. The summed E-state index contributed by atoms with van der Waals surface area (Å²) in [6, 6.07) is 11.7. The van der Waals surface area contributed by atoms with Crippen molar-refractivity contribution in [2.75, 3.05) is 13.7 Å². The Morgan fingerprint density at radius 3 is 2.61 bits per heavy atom. The van der Waals surface area contributed by atoms with E-state index in [1.54, 1.807) is 26.2 Å². The summed E-state index contributed by atoms with van der Waals surface area (Å²) in [5.74, 6) is 0.870. The maximum atomic E-state index is 12.3. The highest BCUT2D eigenvalue weighted by Crippen LogP contribution is 2.38. The van der Waals surface area contributed by atoms with Crippen LogP contribution in [-0.4, -0.2) is 29.7 Å². The first-order chi connectivity index (χ1) is 13.4. The highest BCUT2D eigenvalue weighted by Gasteiger charge is 2.33. The molecule has 1 aliphatic heterocycles. The molecule has 28 heavy (non-hydrogen) atoms. The van der Waals surface area contributed by atoms with E-state index in [1.165, 1.54) is 10.5 Å². The number of rotatable bonds is 6. The van der Waals surface area contributed by atoms with Crippen LogP contribution in [0.1, 0.15) is 23.6 Å². The van der Waals surface area contributed by atoms with Crippen LogP contribution in [-0.2, 0) is 11.4 Å². The fourth-order valence-electron chi connectivity index (χ4n) is 2.81. The minimum absolute atomic E-state index is 0.250. The molecule has 0 aromatic heterocycles. The Morgan fingerprint density at radius 1 is 1.18 bits per heavy atom. The highest BCUT2D eigenvalue weighted by molar-refractivity contribution is 9.10. The van der Waals surface area contributed by atoms with Gasteiger partial charge in [-0.3, -0.25) is 14.5 Å². The molecule has 2 aromatic rings. The lowest BCUT2D eigenvalue weighted by Crippen LogP contribution is -2.27. The average molecular weight is 462 g/mol. The molecule has 0 bridgehead atoms. The monoisotopic (exact) mass is 461 g/mol. The first kappa shape index (κ1) is 20.5. The number of thioether (sulfide) groups is 1. The SMILES string of the molecule is CCN1C(=O)S/C(=C/c2cc(OC)c(OCc3cccc(C)c3)cc2Br)C1=O. The fourth-order valence-corrected chi connectivity index (χ4v) is 4.14. The van der Waals surface area contributed by atoms with E-state index in [-0.39, 0.29) is 11.1 Å². The summed E-state index contributed by atoms with van der Waals surface area (Å²) in [5.41, 5.74) is 2.97. The van der Waals surface area contributed by atoms with Crippen LogP contribution in [0.15, 0.2) is 45.8 Å². The normalized spacial score (nSPS) is 15.4. The number of benzene rings is 2. The zero-order valence-corrected chi connectivity index (χ0v) is 18.2. The number of carbonyl (C=O) groups excluding carboxylic acids is 2.